The molecule has 13 heavy (non-hydrogen) atoms. The number of anilines is 1. The van der Waals surface area contributed by atoms with Crippen LogP contribution in [0.15, 0.2) is 24.3 Å². The van der Waals surface area contributed by atoms with E-state index in [1.807, 2.05) is 19.0 Å². The molecule has 3 nitrogen and oxygen atoms in total. The summed E-state index contributed by atoms with van der Waals surface area (Å²) in [7, 11) is 1.37. The molecule has 0 spiro atoms. The van der Waals surface area contributed by atoms with Crippen LogP contribution in [0.3, 0.4) is 0 Å². The van der Waals surface area contributed by atoms with Crippen molar-refractivity contribution < 1.29 is 60.8 Å². The van der Waals surface area contributed by atoms with Gasteiger partial charge in [0.1, 0.15) is 0 Å². The van der Waals surface area contributed by atoms with Gasteiger partial charge in [-0.05, 0) is 24.3 Å². The second kappa shape index (κ2) is 6.25. The summed E-state index contributed by atoms with van der Waals surface area (Å²) in [5, 5.41) is 0.357. The molecule has 1 aromatic carbocycles. The standard InChI is InChI=1S/C8H10NO2P.K/c1-9(2)7-3-5-8(6-4-7)12(10)11;/h3-6H,1-2H3;/q;+1. The Bertz CT molecular complexity index is 287. The minimum atomic E-state index is -2.45. The van der Waals surface area contributed by atoms with E-state index in [1.165, 1.54) is 0 Å². The fourth-order valence-electron chi connectivity index (χ4n) is 0.872. The van der Waals surface area contributed by atoms with Gasteiger partial charge in [0.15, 0.2) is 5.30 Å². The molecule has 1 atom stereocenters. The van der Waals surface area contributed by atoms with Crippen molar-refractivity contribution in [3.8, 4) is 0 Å². The Morgan fingerprint density at radius 2 is 1.69 bits per heavy atom. The van der Waals surface area contributed by atoms with E-state index >= 15 is 0 Å². The van der Waals surface area contributed by atoms with Crippen LogP contribution in [-0.2, 0) is 4.57 Å². The van der Waals surface area contributed by atoms with Gasteiger partial charge in [0.25, 0.3) is 0 Å². The molecule has 5 heteroatoms. The van der Waals surface area contributed by atoms with E-state index in [0.29, 0.717) is 5.30 Å². The van der Waals surface area contributed by atoms with E-state index < -0.39 is 8.03 Å². The Morgan fingerprint density at radius 3 is 2.00 bits per heavy atom. The van der Waals surface area contributed by atoms with Crippen LogP contribution in [0.2, 0.25) is 0 Å². The zero-order chi connectivity index (χ0) is 9.14. The van der Waals surface area contributed by atoms with E-state index in [1.54, 1.807) is 24.3 Å². The van der Waals surface area contributed by atoms with Crippen molar-refractivity contribution in [2.75, 3.05) is 19.0 Å². The summed E-state index contributed by atoms with van der Waals surface area (Å²) in [6, 6.07) is 6.75. The number of hydrogen-bond donors (Lipinski definition) is 0. The van der Waals surface area contributed by atoms with Crippen molar-refractivity contribution in [1.29, 1.82) is 0 Å². The number of nitrogens with zero attached hydrogens (tertiary/aromatic N) is 1. The summed E-state index contributed by atoms with van der Waals surface area (Å²) < 4.78 is 10.5. The van der Waals surface area contributed by atoms with Gasteiger partial charge in [0.05, 0.1) is 0 Å². The van der Waals surface area contributed by atoms with Crippen molar-refractivity contribution in [2.24, 2.45) is 0 Å². The maximum atomic E-state index is 10.5. The number of hydrogen-bond acceptors (Lipinski definition) is 3. The average molecular weight is 222 g/mol. The summed E-state index contributed by atoms with van der Waals surface area (Å²) in [6.45, 7) is 0. The molecule has 0 radical (unpaired) electrons. The molecule has 0 N–H and O–H groups in total. The van der Waals surface area contributed by atoms with Gasteiger partial charge in [-0.15, -0.1) is 0 Å². The molecule has 0 aliphatic rings. The first-order valence-corrected chi connectivity index (χ1v) is 4.71. The summed E-state index contributed by atoms with van der Waals surface area (Å²) in [5.41, 5.74) is 0.996. The van der Waals surface area contributed by atoms with Crippen LogP contribution in [0.4, 0.5) is 5.69 Å². The molecule has 1 unspecified atom stereocenters. The topological polar surface area (TPSA) is 43.4 Å². The van der Waals surface area contributed by atoms with Gasteiger partial charge in [-0.25, -0.2) is 0 Å². The predicted octanol–water partition coefficient (Wildman–Crippen LogP) is -2.52. The van der Waals surface area contributed by atoms with E-state index in [9.17, 15) is 9.46 Å². The third-order valence-electron chi connectivity index (χ3n) is 1.58. The maximum absolute atomic E-state index is 10.5. The van der Waals surface area contributed by atoms with Gasteiger partial charge < -0.3 is 9.79 Å². The van der Waals surface area contributed by atoms with E-state index in [0.717, 1.165) is 5.69 Å². The summed E-state index contributed by atoms with van der Waals surface area (Å²) in [6.07, 6.45) is 0. The van der Waals surface area contributed by atoms with Crippen LogP contribution < -0.4 is 66.5 Å². The summed E-state index contributed by atoms with van der Waals surface area (Å²) in [4.78, 5) is 12.4. The quantitative estimate of drug-likeness (QED) is 0.410. The smallest absolute Gasteiger partial charge is 0.591 e. The molecule has 64 valence electrons. The molecule has 0 bridgehead atoms. The van der Waals surface area contributed by atoms with Gasteiger partial charge >= 0.3 is 59.4 Å². The Kier molecular flexibility index (Phi) is 6.59. The van der Waals surface area contributed by atoms with Crippen molar-refractivity contribution in [3.05, 3.63) is 24.3 Å². The molecular formula is C8H10KNO2P+. The van der Waals surface area contributed by atoms with E-state index in [2.05, 4.69) is 0 Å². The normalized spacial score (nSPS) is 10.2. The second-order valence-electron chi connectivity index (χ2n) is 2.67. The molecule has 0 saturated carbocycles. The van der Waals surface area contributed by atoms with E-state index in [4.69, 9.17) is 0 Å². The first kappa shape index (κ1) is 13.7. The first-order chi connectivity index (χ1) is 5.61. The van der Waals surface area contributed by atoms with Crippen molar-refractivity contribution in [1.82, 2.24) is 0 Å². The first-order valence-electron chi connectivity index (χ1n) is 3.53. The molecule has 0 fully saturated rings. The molecule has 0 heterocycles. The van der Waals surface area contributed by atoms with Crippen LogP contribution in [0.25, 0.3) is 0 Å². The maximum Gasteiger partial charge on any atom is 1.00 e. The van der Waals surface area contributed by atoms with Crippen molar-refractivity contribution >= 4 is 19.0 Å². The zero-order valence-corrected chi connectivity index (χ0v) is 12.0. The van der Waals surface area contributed by atoms with Gasteiger partial charge in [-0.1, -0.05) is 4.57 Å². The van der Waals surface area contributed by atoms with Gasteiger partial charge in [0, 0.05) is 19.8 Å². The summed E-state index contributed by atoms with van der Waals surface area (Å²) in [5.74, 6) is 0. The van der Waals surface area contributed by atoms with Crippen LogP contribution in [-0.4, -0.2) is 14.1 Å². The molecule has 0 amide bonds. The molecular weight excluding hydrogens is 212 g/mol. The van der Waals surface area contributed by atoms with Crippen LogP contribution in [0.5, 0.6) is 0 Å². The fourth-order valence-corrected chi connectivity index (χ4v) is 1.26. The number of benzene rings is 1. The minimum absolute atomic E-state index is 0. The largest absolute Gasteiger partial charge is 1.00 e. The van der Waals surface area contributed by atoms with Gasteiger partial charge in [-0.3, -0.25) is 0 Å². The fraction of sp³-hybridized carbons (Fsp3) is 0.250. The predicted molar refractivity (Wildman–Crippen MR) is 48.0 cm³/mol. The third-order valence-corrected chi connectivity index (χ3v) is 2.30. The van der Waals surface area contributed by atoms with E-state index in [-0.39, 0.29) is 51.4 Å². The molecule has 0 aliphatic carbocycles. The number of rotatable bonds is 2. The molecule has 0 aliphatic heterocycles. The Hall–Kier alpha value is 0.716. The summed E-state index contributed by atoms with van der Waals surface area (Å²) >= 11 is 0. The van der Waals surface area contributed by atoms with Gasteiger partial charge in [-0.2, -0.15) is 0 Å². The average Bonchev–Trinajstić information content (AvgIpc) is 2.04. The van der Waals surface area contributed by atoms with Crippen LogP contribution in [0, 0.1) is 0 Å². The van der Waals surface area contributed by atoms with Gasteiger partial charge in [0.2, 0.25) is 0 Å². The monoisotopic (exact) mass is 222 g/mol. The molecule has 1 aromatic rings. The Labute approximate surface area is 121 Å². The third kappa shape index (κ3) is 4.17. The molecule has 1 rings (SSSR count). The van der Waals surface area contributed by atoms with Crippen molar-refractivity contribution in [3.63, 3.8) is 0 Å². The Morgan fingerprint density at radius 1 is 1.23 bits per heavy atom. The van der Waals surface area contributed by atoms with Crippen LogP contribution in [0.1, 0.15) is 0 Å². The Balaban J connectivity index is 0.00000144. The SMILES string of the molecule is CN(C)c1ccc([P+](=O)[O-])cc1.[K+]. The van der Waals surface area contributed by atoms with Crippen LogP contribution >= 0.6 is 8.03 Å². The minimum Gasteiger partial charge on any atom is -0.591 e. The molecule has 0 aromatic heterocycles. The second-order valence-corrected chi connectivity index (χ2v) is 3.70. The molecule has 0 saturated heterocycles. The zero-order valence-electron chi connectivity index (χ0n) is 8.02. The van der Waals surface area contributed by atoms with Crippen molar-refractivity contribution in [2.45, 2.75) is 0 Å².